The first-order valence-electron chi connectivity index (χ1n) is 6.16. The number of hydrogen-bond acceptors (Lipinski definition) is 3. The monoisotopic (exact) mass is 234 g/mol. The molecule has 0 aliphatic heterocycles. The summed E-state index contributed by atoms with van der Waals surface area (Å²) in [6.07, 6.45) is 7.56. The van der Waals surface area contributed by atoms with E-state index in [4.69, 9.17) is 4.42 Å². The number of allylic oxidation sites excluding steroid dienone is 2. The third-order valence-electron chi connectivity index (χ3n) is 3.07. The van der Waals surface area contributed by atoms with Crippen molar-refractivity contribution < 1.29 is 13.9 Å². The van der Waals surface area contributed by atoms with Gasteiger partial charge in [0, 0.05) is 12.0 Å². The lowest BCUT2D eigenvalue weighted by Crippen LogP contribution is -1.98. The average Bonchev–Trinajstić information content (AvgIpc) is 2.79. The molecule has 17 heavy (non-hydrogen) atoms. The van der Waals surface area contributed by atoms with E-state index in [9.17, 15) is 4.79 Å². The van der Waals surface area contributed by atoms with Crippen LogP contribution in [0.3, 0.4) is 0 Å². The number of methoxy groups -OCH3 is 1. The second-order valence-electron chi connectivity index (χ2n) is 4.31. The molecule has 1 aromatic heterocycles. The molecule has 0 spiro atoms. The Morgan fingerprint density at radius 1 is 1.53 bits per heavy atom. The van der Waals surface area contributed by atoms with Gasteiger partial charge in [0.15, 0.2) is 0 Å². The fourth-order valence-electron chi connectivity index (χ4n) is 2.19. The molecule has 1 aliphatic rings. The van der Waals surface area contributed by atoms with Crippen LogP contribution in [0.1, 0.15) is 54.5 Å². The van der Waals surface area contributed by atoms with E-state index in [-0.39, 0.29) is 0 Å². The standard InChI is InChI=1S/C14H18O3/c1-3-4-6-10-7-5-8-12-11(10)9-13(17-12)14(15)16-2/h6,9H,3-5,7-8H2,1-2H3/b10-6+. The summed E-state index contributed by atoms with van der Waals surface area (Å²) < 4.78 is 10.2. The maximum absolute atomic E-state index is 11.4. The predicted molar refractivity (Wildman–Crippen MR) is 65.9 cm³/mol. The minimum absolute atomic E-state index is 0.321. The van der Waals surface area contributed by atoms with Gasteiger partial charge in [0.1, 0.15) is 5.76 Å². The molecule has 0 radical (unpaired) electrons. The van der Waals surface area contributed by atoms with Crippen LogP contribution in [0.15, 0.2) is 16.6 Å². The Bertz CT molecular complexity index is 440. The number of esters is 1. The summed E-state index contributed by atoms with van der Waals surface area (Å²) in [6, 6.07) is 1.82. The first-order chi connectivity index (χ1) is 8.26. The van der Waals surface area contributed by atoms with Crippen LogP contribution in [0.25, 0.3) is 5.57 Å². The molecule has 0 bridgehead atoms. The van der Waals surface area contributed by atoms with Gasteiger partial charge in [0.2, 0.25) is 5.76 Å². The number of furan rings is 1. The van der Waals surface area contributed by atoms with Crippen LogP contribution in [0.4, 0.5) is 0 Å². The lowest BCUT2D eigenvalue weighted by molar-refractivity contribution is 0.0563. The first-order valence-corrected chi connectivity index (χ1v) is 6.16. The fraction of sp³-hybridized carbons (Fsp3) is 0.500. The Kier molecular flexibility index (Phi) is 3.67. The van der Waals surface area contributed by atoms with E-state index >= 15 is 0 Å². The third-order valence-corrected chi connectivity index (χ3v) is 3.07. The van der Waals surface area contributed by atoms with Crippen LogP contribution in [-0.2, 0) is 11.2 Å². The van der Waals surface area contributed by atoms with Crippen molar-refractivity contribution in [1.82, 2.24) is 0 Å². The van der Waals surface area contributed by atoms with E-state index in [0.29, 0.717) is 5.76 Å². The molecular formula is C14H18O3. The van der Waals surface area contributed by atoms with Crippen molar-refractivity contribution in [2.24, 2.45) is 0 Å². The van der Waals surface area contributed by atoms with E-state index < -0.39 is 5.97 Å². The molecule has 1 aromatic rings. The van der Waals surface area contributed by atoms with Crippen LogP contribution >= 0.6 is 0 Å². The highest BCUT2D eigenvalue weighted by molar-refractivity contribution is 5.88. The minimum Gasteiger partial charge on any atom is -0.463 e. The van der Waals surface area contributed by atoms with Crippen molar-refractivity contribution in [2.75, 3.05) is 7.11 Å². The van der Waals surface area contributed by atoms with Gasteiger partial charge in [-0.05, 0) is 30.9 Å². The zero-order chi connectivity index (χ0) is 12.3. The molecule has 0 aromatic carbocycles. The highest BCUT2D eigenvalue weighted by Crippen LogP contribution is 2.33. The smallest absolute Gasteiger partial charge is 0.373 e. The largest absolute Gasteiger partial charge is 0.463 e. The summed E-state index contributed by atoms with van der Waals surface area (Å²) in [6.45, 7) is 2.16. The molecule has 2 rings (SSSR count). The third kappa shape index (κ3) is 2.43. The Hall–Kier alpha value is -1.51. The molecule has 3 heteroatoms. The molecule has 0 N–H and O–H groups in total. The van der Waals surface area contributed by atoms with Crippen LogP contribution in [0, 0.1) is 0 Å². The van der Waals surface area contributed by atoms with Crippen molar-refractivity contribution >= 4 is 11.5 Å². The normalized spacial score (nSPS) is 16.9. The highest BCUT2D eigenvalue weighted by Gasteiger charge is 2.22. The summed E-state index contributed by atoms with van der Waals surface area (Å²) in [7, 11) is 1.37. The quantitative estimate of drug-likeness (QED) is 0.750. The summed E-state index contributed by atoms with van der Waals surface area (Å²) >= 11 is 0. The van der Waals surface area contributed by atoms with E-state index in [1.54, 1.807) is 0 Å². The van der Waals surface area contributed by atoms with Gasteiger partial charge in [-0.15, -0.1) is 0 Å². The average molecular weight is 234 g/mol. The van der Waals surface area contributed by atoms with Gasteiger partial charge in [0.05, 0.1) is 7.11 Å². The number of carbonyl (C=O) groups is 1. The number of ether oxygens (including phenoxy) is 1. The van der Waals surface area contributed by atoms with Gasteiger partial charge in [0.25, 0.3) is 0 Å². The lowest BCUT2D eigenvalue weighted by Gasteiger charge is -2.13. The SMILES string of the molecule is CCC/C=C1\CCCc2oc(C(=O)OC)cc21. The molecule has 0 saturated carbocycles. The summed E-state index contributed by atoms with van der Waals surface area (Å²) in [5, 5.41) is 0. The van der Waals surface area contributed by atoms with Crippen LogP contribution in [0.2, 0.25) is 0 Å². The van der Waals surface area contributed by atoms with Crippen LogP contribution in [0.5, 0.6) is 0 Å². The number of hydrogen-bond donors (Lipinski definition) is 0. The number of aryl methyl sites for hydroxylation is 1. The molecule has 1 heterocycles. The first kappa shape index (κ1) is 12.0. The van der Waals surface area contributed by atoms with Crippen LogP contribution in [-0.4, -0.2) is 13.1 Å². The van der Waals surface area contributed by atoms with Crippen molar-refractivity contribution in [1.29, 1.82) is 0 Å². The van der Waals surface area contributed by atoms with E-state index in [1.807, 2.05) is 6.07 Å². The molecular weight excluding hydrogens is 216 g/mol. The maximum Gasteiger partial charge on any atom is 0.373 e. The van der Waals surface area contributed by atoms with E-state index in [0.717, 1.165) is 43.4 Å². The highest BCUT2D eigenvalue weighted by atomic mass is 16.5. The predicted octanol–water partition coefficient (Wildman–Crippen LogP) is 3.59. The molecule has 0 fully saturated rings. The zero-order valence-corrected chi connectivity index (χ0v) is 10.4. The van der Waals surface area contributed by atoms with E-state index in [1.165, 1.54) is 12.7 Å². The fourth-order valence-corrected chi connectivity index (χ4v) is 2.19. The lowest BCUT2D eigenvalue weighted by atomic mass is 9.92. The minimum atomic E-state index is -0.394. The molecule has 1 aliphatic carbocycles. The topological polar surface area (TPSA) is 39.4 Å². The van der Waals surface area contributed by atoms with Gasteiger partial charge < -0.3 is 9.15 Å². The van der Waals surface area contributed by atoms with Crippen molar-refractivity contribution in [3.05, 3.63) is 29.2 Å². The molecule has 0 unspecified atom stereocenters. The zero-order valence-electron chi connectivity index (χ0n) is 10.4. The Morgan fingerprint density at radius 3 is 3.06 bits per heavy atom. The Morgan fingerprint density at radius 2 is 2.35 bits per heavy atom. The number of carbonyl (C=O) groups excluding carboxylic acids is 1. The van der Waals surface area contributed by atoms with Gasteiger partial charge in [-0.2, -0.15) is 0 Å². The summed E-state index contributed by atoms with van der Waals surface area (Å²) in [5.41, 5.74) is 2.41. The Labute approximate surface area is 101 Å². The second-order valence-corrected chi connectivity index (χ2v) is 4.31. The molecule has 92 valence electrons. The second kappa shape index (κ2) is 5.21. The molecule has 3 nitrogen and oxygen atoms in total. The number of fused-ring (bicyclic) bond motifs is 1. The van der Waals surface area contributed by atoms with Gasteiger partial charge in [-0.25, -0.2) is 4.79 Å². The van der Waals surface area contributed by atoms with Gasteiger partial charge >= 0.3 is 5.97 Å². The van der Waals surface area contributed by atoms with Crippen molar-refractivity contribution in [2.45, 2.75) is 39.0 Å². The summed E-state index contributed by atoms with van der Waals surface area (Å²) in [4.78, 5) is 11.4. The van der Waals surface area contributed by atoms with Gasteiger partial charge in [-0.1, -0.05) is 19.4 Å². The molecule has 0 saturated heterocycles. The molecule has 0 atom stereocenters. The number of unbranched alkanes of at least 4 members (excludes halogenated alkanes) is 1. The van der Waals surface area contributed by atoms with Gasteiger partial charge in [-0.3, -0.25) is 0 Å². The van der Waals surface area contributed by atoms with Crippen LogP contribution < -0.4 is 0 Å². The number of rotatable bonds is 3. The Balaban J connectivity index is 2.31. The maximum atomic E-state index is 11.4. The van der Waals surface area contributed by atoms with Crippen molar-refractivity contribution in [3.8, 4) is 0 Å². The van der Waals surface area contributed by atoms with Crippen molar-refractivity contribution in [3.63, 3.8) is 0 Å². The molecule has 0 amide bonds. The van der Waals surface area contributed by atoms with E-state index in [2.05, 4.69) is 17.7 Å². The summed E-state index contributed by atoms with van der Waals surface area (Å²) in [5.74, 6) is 0.857.